The Labute approximate surface area is 204 Å². The number of carbonyl (C=O) groups excluding carboxylic acids is 4. The molecular formula is C24H33N3O8. The fourth-order valence-electron chi connectivity index (χ4n) is 3.79. The molecular weight excluding hydrogens is 458 g/mol. The van der Waals surface area contributed by atoms with Gasteiger partial charge >= 0.3 is 5.97 Å². The molecule has 1 aromatic carbocycles. The highest BCUT2D eigenvalue weighted by Gasteiger charge is 2.41. The molecule has 2 saturated heterocycles. The highest BCUT2D eigenvalue weighted by Crippen LogP contribution is 2.23. The molecule has 0 unspecified atom stereocenters. The van der Waals surface area contributed by atoms with Gasteiger partial charge in [0.1, 0.15) is 5.60 Å². The van der Waals surface area contributed by atoms with E-state index in [2.05, 4.69) is 0 Å². The van der Waals surface area contributed by atoms with Crippen molar-refractivity contribution in [2.45, 2.75) is 38.6 Å². The lowest BCUT2D eigenvalue weighted by Gasteiger charge is -2.34. The van der Waals surface area contributed by atoms with E-state index in [1.165, 1.54) is 15.9 Å². The van der Waals surface area contributed by atoms with E-state index in [0.29, 0.717) is 37.6 Å². The highest BCUT2D eigenvalue weighted by molar-refractivity contribution is 6.02. The largest absolute Gasteiger partial charge is 0.458 e. The van der Waals surface area contributed by atoms with Gasteiger partial charge in [-0.25, -0.2) is 4.79 Å². The Bertz CT molecular complexity index is 954. The molecule has 2 aliphatic rings. The second kappa shape index (κ2) is 11.1. The van der Waals surface area contributed by atoms with Crippen molar-refractivity contribution < 1.29 is 38.5 Å². The smallest absolute Gasteiger partial charge is 0.338 e. The van der Waals surface area contributed by atoms with Gasteiger partial charge in [-0.2, -0.15) is 0 Å². The maximum Gasteiger partial charge on any atom is 0.338 e. The summed E-state index contributed by atoms with van der Waals surface area (Å²) in [7, 11) is 1.54. The van der Waals surface area contributed by atoms with Gasteiger partial charge in [0.25, 0.3) is 11.8 Å². The maximum absolute atomic E-state index is 13.1. The number of aliphatic hydroxyl groups excluding tert-OH is 1. The molecule has 35 heavy (non-hydrogen) atoms. The molecule has 0 spiro atoms. The summed E-state index contributed by atoms with van der Waals surface area (Å²) >= 11 is 0. The molecule has 0 radical (unpaired) electrons. The van der Waals surface area contributed by atoms with Crippen molar-refractivity contribution in [3.05, 3.63) is 29.8 Å². The number of hydrogen-bond acceptors (Lipinski definition) is 8. The van der Waals surface area contributed by atoms with Gasteiger partial charge in [0, 0.05) is 37.9 Å². The van der Waals surface area contributed by atoms with Crippen molar-refractivity contribution in [1.29, 1.82) is 0 Å². The number of amides is 3. The second-order valence-electron chi connectivity index (χ2n) is 9.46. The summed E-state index contributed by atoms with van der Waals surface area (Å²) in [6.07, 6.45) is -3.21. The number of carbonyl (C=O) groups is 4. The van der Waals surface area contributed by atoms with Crippen LogP contribution in [0.25, 0.3) is 0 Å². The van der Waals surface area contributed by atoms with E-state index in [1.807, 2.05) is 0 Å². The van der Waals surface area contributed by atoms with Crippen LogP contribution in [-0.4, -0.2) is 109 Å². The van der Waals surface area contributed by atoms with Crippen molar-refractivity contribution in [2.24, 2.45) is 0 Å². The fraction of sp³-hybridized carbons (Fsp3) is 0.583. The molecule has 11 nitrogen and oxygen atoms in total. The van der Waals surface area contributed by atoms with Crippen LogP contribution < -0.4 is 4.90 Å². The van der Waals surface area contributed by atoms with E-state index >= 15 is 0 Å². The minimum absolute atomic E-state index is 0.0797. The number of esters is 1. The number of nitrogens with zero attached hydrogens (tertiary/aromatic N) is 3. The van der Waals surface area contributed by atoms with Crippen molar-refractivity contribution in [3.8, 4) is 0 Å². The van der Waals surface area contributed by atoms with Crippen LogP contribution in [0.4, 0.5) is 5.69 Å². The summed E-state index contributed by atoms with van der Waals surface area (Å²) in [4.78, 5) is 55.1. The van der Waals surface area contributed by atoms with E-state index in [-0.39, 0.29) is 31.5 Å². The zero-order chi connectivity index (χ0) is 25.8. The molecule has 2 heterocycles. The molecule has 2 fully saturated rings. The lowest BCUT2D eigenvalue weighted by molar-refractivity contribution is -0.177. The van der Waals surface area contributed by atoms with Crippen LogP contribution in [0, 0.1) is 0 Å². The van der Waals surface area contributed by atoms with Crippen LogP contribution in [0.15, 0.2) is 24.3 Å². The summed E-state index contributed by atoms with van der Waals surface area (Å²) in [5, 5.41) is 10.4. The normalized spacial score (nSPS) is 19.8. The van der Waals surface area contributed by atoms with Crippen molar-refractivity contribution in [3.63, 3.8) is 0 Å². The molecule has 3 rings (SSSR count). The van der Waals surface area contributed by atoms with Crippen LogP contribution in [0.1, 0.15) is 31.1 Å². The Morgan fingerprint density at radius 1 is 1.17 bits per heavy atom. The van der Waals surface area contributed by atoms with Crippen molar-refractivity contribution in [2.75, 3.05) is 57.9 Å². The predicted molar refractivity (Wildman–Crippen MR) is 125 cm³/mol. The average Bonchev–Trinajstić information content (AvgIpc) is 2.82. The number of ether oxygens (including phenoxy) is 3. The van der Waals surface area contributed by atoms with Crippen molar-refractivity contribution in [1.82, 2.24) is 9.80 Å². The molecule has 2 aliphatic heterocycles. The lowest BCUT2D eigenvalue weighted by atomic mass is 10.1. The van der Waals surface area contributed by atoms with Gasteiger partial charge in [-0.1, -0.05) is 6.07 Å². The number of benzene rings is 1. The molecule has 1 aromatic rings. The van der Waals surface area contributed by atoms with Gasteiger partial charge in [0.15, 0.2) is 12.2 Å². The monoisotopic (exact) mass is 491 g/mol. The Morgan fingerprint density at radius 2 is 1.86 bits per heavy atom. The molecule has 0 aliphatic carbocycles. The number of anilines is 1. The molecule has 3 amide bonds. The van der Waals surface area contributed by atoms with Crippen LogP contribution in [0.2, 0.25) is 0 Å². The van der Waals surface area contributed by atoms with E-state index in [0.717, 1.165) is 0 Å². The number of hydrogen-bond donors (Lipinski definition) is 1. The Balaban J connectivity index is 1.69. The number of rotatable bonds is 6. The summed E-state index contributed by atoms with van der Waals surface area (Å²) < 4.78 is 15.8. The summed E-state index contributed by atoms with van der Waals surface area (Å²) in [5.74, 6) is -2.11. The Hall–Kier alpha value is -3.02. The lowest BCUT2D eigenvalue weighted by Crippen LogP contribution is -2.55. The minimum atomic E-state index is -1.79. The van der Waals surface area contributed by atoms with Gasteiger partial charge in [0.05, 0.1) is 26.4 Å². The summed E-state index contributed by atoms with van der Waals surface area (Å²) in [6.45, 7) is 7.08. The third-order valence-corrected chi connectivity index (χ3v) is 5.54. The summed E-state index contributed by atoms with van der Waals surface area (Å²) in [6, 6.07) is 6.41. The first-order valence-corrected chi connectivity index (χ1v) is 11.5. The Kier molecular flexibility index (Phi) is 8.47. The average molecular weight is 492 g/mol. The van der Waals surface area contributed by atoms with E-state index in [4.69, 9.17) is 14.2 Å². The minimum Gasteiger partial charge on any atom is -0.458 e. The zero-order valence-electron chi connectivity index (χ0n) is 20.6. The molecule has 11 heteroatoms. The van der Waals surface area contributed by atoms with Crippen LogP contribution >= 0.6 is 0 Å². The third-order valence-electron chi connectivity index (χ3n) is 5.54. The quantitative estimate of drug-likeness (QED) is 0.554. The van der Waals surface area contributed by atoms with E-state index in [1.54, 1.807) is 50.9 Å². The summed E-state index contributed by atoms with van der Waals surface area (Å²) in [5.41, 5.74) is -0.124. The number of aliphatic hydroxyl groups is 1. The standard InChI is InChI=1S/C24H33N3O8/c1-24(2,3)35-23(32)19(29)20-22(31)27(10-13-34-20)17-7-5-6-16(14-17)21(30)25(4)15-18(28)26-8-11-33-12-9-26/h5-7,14,19-20,29H,8-13,15H2,1-4H3/t19-,20-/m1/s1. The second-order valence-corrected chi connectivity index (χ2v) is 9.46. The van der Waals surface area contributed by atoms with Crippen molar-refractivity contribution >= 4 is 29.4 Å². The number of likely N-dealkylation sites (N-methyl/N-ethyl adjacent to an activating group) is 1. The Morgan fingerprint density at radius 3 is 2.51 bits per heavy atom. The van der Waals surface area contributed by atoms with Crippen LogP contribution in [0.3, 0.4) is 0 Å². The first-order valence-electron chi connectivity index (χ1n) is 11.5. The van der Waals surface area contributed by atoms with E-state index in [9.17, 15) is 24.3 Å². The molecule has 0 saturated carbocycles. The first kappa shape index (κ1) is 26.6. The molecule has 0 bridgehead atoms. The molecule has 0 aromatic heterocycles. The van der Waals surface area contributed by atoms with Gasteiger partial charge in [-0.05, 0) is 39.0 Å². The topological polar surface area (TPSA) is 126 Å². The molecule has 192 valence electrons. The van der Waals surface area contributed by atoms with Crippen LogP contribution in [0.5, 0.6) is 0 Å². The van der Waals surface area contributed by atoms with Gasteiger partial charge in [0.2, 0.25) is 5.91 Å². The number of morpholine rings is 2. The zero-order valence-corrected chi connectivity index (χ0v) is 20.6. The maximum atomic E-state index is 13.1. The van der Waals surface area contributed by atoms with Gasteiger partial charge < -0.3 is 34.0 Å². The van der Waals surface area contributed by atoms with Gasteiger partial charge in [-0.15, -0.1) is 0 Å². The SMILES string of the molecule is CN(CC(=O)N1CCOCC1)C(=O)c1cccc(N2CCO[C@H]([C@@H](O)C(=O)OC(C)(C)C)C2=O)c1. The predicted octanol–water partition coefficient (Wildman–Crippen LogP) is 0.0518. The van der Waals surface area contributed by atoms with Gasteiger partial charge in [-0.3, -0.25) is 14.4 Å². The molecule has 1 N–H and O–H groups in total. The van der Waals surface area contributed by atoms with E-state index < -0.39 is 29.7 Å². The fourth-order valence-corrected chi connectivity index (χ4v) is 3.79. The highest BCUT2D eigenvalue weighted by atomic mass is 16.6. The van der Waals surface area contributed by atoms with Crippen LogP contribution in [-0.2, 0) is 28.6 Å². The molecule has 2 atom stereocenters. The first-order chi connectivity index (χ1) is 16.5. The third kappa shape index (κ3) is 6.77.